The maximum Gasteiger partial charge on any atom is 0.337 e. The SMILES string of the molecule is O=C(O)c1ccc(N2CCCCC2)cc1Cl. The van der Waals surface area contributed by atoms with E-state index in [4.69, 9.17) is 16.7 Å². The highest BCUT2D eigenvalue weighted by molar-refractivity contribution is 6.33. The topological polar surface area (TPSA) is 40.5 Å². The highest BCUT2D eigenvalue weighted by atomic mass is 35.5. The molecule has 0 spiro atoms. The fourth-order valence-corrected chi connectivity index (χ4v) is 2.28. The first-order chi connectivity index (χ1) is 7.68. The molecule has 0 aliphatic carbocycles. The largest absolute Gasteiger partial charge is 0.478 e. The number of carbonyl (C=O) groups is 1. The molecule has 0 unspecified atom stereocenters. The summed E-state index contributed by atoms with van der Waals surface area (Å²) >= 11 is 5.94. The monoisotopic (exact) mass is 239 g/mol. The van der Waals surface area contributed by atoms with E-state index < -0.39 is 5.97 Å². The lowest BCUT2D eigenvalue weighted by atomic mass is 10.1. The highest BCUT2D eigenvalue weighted by Gasteiger charge is 2.14. The molecular weight excluding hydrogens is 226 g/mol. The molecule has 1 aliphatic heterocycles. The predicted molar refractivity (Wildman–Crippen MR) is 64.5 cm³/mol. The van der Waals surface area contributed by atoms with Crippen LogP contribution in [0.4, 0.5) is 5.69 Å². The van der Waals surface area contributed by atoms with Crippen molar-refractivity contribution in [2.24, 2.45) is 0 Å². The third-order valence-electron chi connectivity index (χ3n) is 2.90. The molecule has 1 N–H and O–H groups in total. The Labute approximate surface area is 99.6 Å². The van der Waals surface area contributed by atoms with Gasteiger partial charge in [-0.3, -0.25) is 0 Å². The Morgan fingerprint density at radius 2 is 1.94 bits per heavy atom. The van der Waals surface area contributed by atoms with Crippen molar-refractivity contribution in [2.75, 3.05) is 18.0 Å². The van der Waals surface area contributed by atoms with Crippen molar-refractivity contribution < 1.29 is 9.90 Å². The molecule has 1 aromatic carbocycles. The first-order valence-electron chi connectivity index (χ1n) is 5.46. The summed E-state index contributed by atoms with van der Waals surface area (Å²) < 4.78 is 0. The molecule has 3 nitrogen and oxygen atoms in total. The molecule has 16 heavy (non-hydrogen) atoms. The first kappa shape index (κ1) is 11.3. The van der Waals surface area contributed by atoms with Crippen LogP contribution >= 0.6 is 11.6 Å². The van der Waals surface area contributed by atoms with E-state index in [0.717, 1.165) is 18.8 Å². The van der Waals surface area contributed by atoms with E-state index >= 15 is 0 Å². The van der Waals surface area contributed by atoms with Crippen molar-refractivity contribution >= 4 is 23.3 Å². The lowest BCUT2D eigenvalue weighted by Crippen LogP contribution is -2.29. The lowest BCUT2D eigenvalue weighted by molar-refractivity contribution is 0.0697. The van der Waals surface area contributed by atoms with Crippen LogP contribution in [0.25, 0.3) is 0 Å². The quantitative estimate of drug-likeness (QED) is 0.863. The number of rotatable bonds is 2. The maximum absolute atomic E-state index is 10.8. The van der Waals surface area contributed by atoms with Crippen LogP contribution in [0.2, 0.25) is 5.02 Å². The maximum atomic E-state index is 10.8. The van der Waals surface area contributed by atoms with Gasteiger partial charge in [-0.05, 0) is 37.5 Å². The molecule has 1 fully saturated rings. The molecule has 1 aromatic rings. The van der Waals surface area contributed by atoms with Gasteiger partial charge in [-0.15, -0.1) is 0 Å². The van der Waals surface area contributed by atoms with E-state index in [1.807, 2.05) is 6.07 Å². The second-order valence-electron chi connectivity index (χ2n) is 4.02. The summed E-state index contributed by atoms with van der Waals surface area (Å²) in [6.45, 7) is 2.06. The first-order valence-corrected chi connectivity index (χ1v) is 5.84. The van der Waals surface area contributed by atoms with Gasteiger partial charge < -0.3 is 10.0 Å². The van der Waals surface area contributed by atoms with E-state index in [1.54, 1.807) is 12.1 Å². The van der Waals surface area contributed by atoms with Crippen LogP contribution in [-0.2, 0) is 0 Å². The van der Waals surface area contributed by atoms with Crippen molar-refractivity contribution in [3.05, 3.63) is 28.8 Å². The average Bonchev–Trinajstić information content (AvgIpc) is 2.29. The minimum Gasteiger partial charge on any atom is -0.478 e. The molecule has 0 aromatic heterocycles. The van der Waals surface area contributed by atoms with Crippen molar-refractivity contribution in [3.63, 3.8) is 0 Å². The van der Waals surface area contributed by atoms with Crippen molar-refractivity contribution in [2.45, 2.75) is 19.3 Å². The number of halogens is 1. The molecule has 1 aliphatic rings. The minimum absolute atomic E-state index is 0.169. The molecule has 0 amide bonds. The number of benzene rings is 1. The third-order valence-corrected chi connectivity index (χ3v) is 3.22. The minimum atomic E-state index is -0.977. The number of piperidine rings is 1. The second-order valence-corrected chi connectivity index (χ2v) is 4.42. The zero-order valence-corrected chi connectivity index (χ0v) is 9.70. The van der Waals surface area contributed by atoms with Crippen molar-refractivity contribution in [1.82, 2.24) is 0 Å². The summed E-state index contributed by atoms with van der Waals surface area (Å²) in [5.74, 6) is -0.977. The summed E-state index contributed by atoms with van der Waals surface area (Å²) in [6, 6.07) is 5.16. The molecule has 0 atom stereocenters. The number of nitrogens with zero attached hydrogens (tertiary/aromatic N) is 1. The van der Waals surface area contributed by atoms with Crippen LogP contribution in [0.5, 0.6) is 0 Å². The fraction of sp³-hybridized carbons (Fsp3) is 0.417. The van der Waals surface area contributed by atoms with E-state index in [1.165, 1.54) is 19.3 Å². The fourth-order valence-electron chi connectivity index (χ4n) is 2.03. The summed E-state index contributed by atoms with van der Waals surface area (Å²) in [5.41, 5.74) is 1.19. The Bertz CT molecular complexity index is 400. The van der Waals surface area contributed by atoms with Crippen LogP contribution in [0, 0.1) is 0 Å². The summed E-state index contributed by atoms with van der Waals surface area (Å²) in [4.78, 5) is 13.1. The number of hydrogen-bond acceptors (Lipinski definition) is 2. The zero-order valence-electron chi connectivity index (χ0n) is 8.95. The lowest BCUT2D eigenvalue weighted by Gasteiger charge is -2.29. The Kier molecular flexibility index (Phi) is 3.34. The number of carboxylic acids is 1. The number of aromatic carboxylic acids is 1. The molecule has 1 heterocycles. The van der Waals surface area contributed by atoms with Gasteiger partial charge in [-0.25, -0.2) is 4.79 Å². The standard InChI is InChI=1S/C12H14ClNO2/c13-11-8-9(4-5-10(11)12(15)16)14-6-2-1-3-7-14/h4-5,8H,1-3,6-7H2,(H,15,16). The van der Waals surface area contributed by atoms with Crippen molar-refractivity contribution in [1.29, 1.82) is 0 Å². The molecule has 86 valence electrons. The van der Waals surface area contributed by atoms with E-state index in [0.29, 0.717) is 5.02 Å². The summed E-state index contributed by atoms with van der Waals surface area (Å²) in [5, 5.41) is 9.18. The molecule has 0 radical (unpaired) electrons. The smallest absolute Gasteiger partial charge is 0.337 e. The van der Waals surface area contributed by atoms with Gasteiger partial charge in [-0.2, -0.15) is 0 Å². The molecule has 4 heteroatoms. The normalized spacial score (nSPS) is 16.2. The van der Waals surface area contributed by atoms with Gasteiger partial charge in [0.25, 0.3) is 0 Å². The number of anilines is 1. The molecule has 0 bridgehead atoms. The van der Waals surface area contributed by atoms with Crippen LogP contribution in [0.15, 0.2) is 18.2 Å². The van der Waals surface area contributed by atoms with Crippen LogP contribution in [0.3, 0.4) is 0 Å². The van der Waals surface area contributed by atoms with Gasteiger partial charge >= 0.3 is 5.97 Å². The number of hydrogen-bond donors (Lipinski definition) is 1. The Morgan fingerprint density at radius 3 is 2.50 bits per heavy atom. The van der Waals surface area contributed by atoms with E-state index in [-0.39, 0.29) is 5.56 Å². The van der Waals surface area contributed by atoms with Gasteiger partial charge in [0, 0.05) is 18.8 Å². The molecule has 1 saturated heterocycles. The zero-order chi connectivity index (χ0) is 11.5. The Hall–Kier alpha value is -1.22. The summed E-state index contributed by atoms with van der Waals surface area (Å²) in [7, 11) is 0. The van der Waals surface area contributed by atoms with Gasteiger partial charge in [0.05, 0.1) is 10.6 Å². The Balaban J connectivity index is 2.23. The van der Waals surface area contributed by atoms with E-state index in [9.17, 15) is 4.79 Å². The summed E-state index contributed by atoms with van der Waals surface area (Å²) in [6.07, 6.45) is 3.66. The average molecular weight is 240 g/mol. The van der Waals surface area contributed by atoms with Crippen LogP contribution in [0.1, 0.15) is 29.6 Å². The molecule has 2 rings (SSSR count). The number of carboxylic acid groups (broad SMARTS) is 1. The molecular formula is C12H14ClNO2. The van der Waals surface area contributed by atoms with Gasteiger partial charge in [0.15, 0.2) is 0 Å². The predicted octanol–water partition coefficient (Wildman–Crippen LogP) is 3.03. The van der Waals surface area contributed by atoms with Gasteiger partial charge in [-0.1, -0.05) is 11.6 Å². The second kappa shape index (κ2) is 4.74. The highest BCUT2D eigenvalue weighted by Crippen LogP contribution is 2.25. The van der Waals surface area contributed by atoms with Crippen molar-refractivity contribution in [3.8, 4) is 0 Å². The van der Waals surface area contributed by atoms with Gasteiger partial charge in [0.2, 0.25) is 0 Å². The van der Waals surface area contributed by atoms with Gasteiger partial charge in [0.1, 0.15) is 0 Å². The van der Waals surface area contributed by atoms with E-state index in [2.05, 4.69) is 4.90 Å². The third kappa shape index (κ3) is 2.30. The Morgan fingerprint density at radius 1 is 1.25 bits per heavy atom. The van der Waals surface area contributed by atoms with Crippen LogP contribution < -0.4 is 4.90 Å². The molecule has 0 saturated carbocycles. The van der Waals surface area contributed by atoms with Crippen LogP contribution in [-0.4, -0.2) is 24.2 Å².